The zero-order chi connectivity index (χ0) is 25.5. The first-order valence-electron chi connectivity index (χ1n) is 10.9. The largest absolute Gasteiger partial charge is 0.394 e. The van der Waals surface area contributed by atoms with E-state index in [1.54, 1.807) is 11.8 Å². The number of rotatable bonds is 6. The van der Waals surface area contributed by atoms with Crippen LogP contribution in [-0.4, -0.2) is 10.2 Å². The molecule has 7 N–H and O–H groups in total. The summed E-state index contributed by atoms with van der Waals surface area (Å²) in [6.45, 7) is 3.79. The Labute approximate surface area is 247 Å². The van der Waals surface area contributed by atoms with Crippen LogP contribution in [0.4, 0.5) is 0 Å². The van der Waals surface area contributed by atoms with E-state index in [0.29, 0.717) is 5.03 Å². The summed E-state index contributed by atoms with van der Waals surface area (Å²) in [7, 11) is 0. The molecule has 4 aromatic carbocycles. The topological polar surface area (TPSA) is 98.3 Å². The Hall–Kier alpha value is -3.58. The van der Waals surface area contributed by atoms with Crippen molar-refractivity contribution in [2.24, 2.45) is 17.2 Å². The molecule has 39 heavy (non-hydrogen) atoms. The van der Waals surface area contributed by atoms with Crippen LogP contribution in [0.25, 0.3) is 0 Å². The van der Waals surface area contributed by atoms with Crippen molar-refractivity contribution in [1.29, 1.82) is 0 Å². The molecule has 0 atom stereocenters. The summed E-state index contributed by atoms with van der Waals surface area (Å²) in [5.41, 5.74) is 19.3. The van der Waals surface area contributed by atoms with E-state index in [4.69, 9.17) is 5.73 Å². The molecular formula is C33H47N3OS2. The predicted molar refractivity (Wildman–Crippen MR) is 180 cm³/mol. The second-order valence-electron chi connectivity index (χ2n) is 7.41. The Bertz CT molecular complexity index is 1060. The number of thiocarbonyl (C=S) groups is 1. The van der Waals surface area contributed by atoms with Gasteiger partial charge in [-0.3, -0.25) is 0 Å². The first-order valence-corrected chi connectivity index (χ1v) is 12.2. The van der Waals surface area contributed by atoms with Crippen LogP contribution in [0.3, 0.4) is 0 Å². The molecule has 0 saturated heterocycles. The molecule has 0 heterocycles. The molecule has 0 aliphatic carbocycles. The van der Waals surface area contributed by atoms with Crippen molar-refractivity contribution in [3.63, 3.8) is 0 Å². The molecule has 6 heteroatoms. The first-order chi connectivity index (χ1) is 16.9. The molecule has 212 valence electrons. The number of thioether (sulfide) groups is 1. The third-order valence-electron chi connectivity index (χ3n) is 4.70. The van der Waals surface area contributed by atoms with Gasteiger partial charge in [-0.25, -0.2) is 0 Å². The number of benzene rings is 4. The molecule has 0 aromatic heterocycles. The van der Waals surface area contributed by atoms with Crippen LogP contribution < -0.4 is 17.2 Å². The quantitative estimate of drug-likeness (QED) is 0.175. The van der Waals surface area contributed by atoms with Crippen molar-refractivity contribution in [3.05, 3.63) is 155 Å². The highest BCUT2D eigenvalue weighted by Gasteiger charge is 2.14. The molecule has 0 radical (unpaired) electrons. The third kappa shape index (κ3) is 15.4. The smallest absolute Gasteiger partial charge is 0.160 e. The van der Waals surface area contributed by atoms with Crippen molar-refractivity contribution >= 4 is 29.1 Å². The zero-order valence-electron chi connectivity index (χ0n) is 19.4. The van der Waals surface area contributed by atoms with Crippen molar-refractivity contribution in [2.75, 3.05) is 0 Å². The van der Waals surface area contributed by atoms with Crippen molar-refractivity contribution < 1.29 is 5.11 Å². The van der Waals surface area contributed by atoms with E-state index in [1.807, 2.05) is 97.1 Å². The monoisotopic (exact) mass is 565 g/mol. The summed E-state index contributed by atoms with van der Waals surface area (Å²) in [6.07, 6.45) is -0.516. The predicted octanol–water partition coefficient (Wildman–Crippen LogP) is 8.44. The highest BCUT2D eigenvalue weighted by atomic mass is 32.2. The fourth-order valence-electron chi connectivity index (χ4n) is 3.20. The Morgan fingerprint density at radius 1 is 0.564 bits per heavy atom. The van der Waals surface area contributed by atoms with Crippen LogP contribution in [0.5, 0.6) is 0 Å². The first kappa shape index (κ1) is 39.9. The molecule has 0 aliphatic rings. The average molecular weight is 566 g/mol. The second-order valence-corrected chi connectivity index (χ2v) is 9.11. The van der Waals surface area contributed by atoms with E-state index < -0.39 is 6.10 Å². The lowest BCUT2D eigenvalue weighted by molar-refractivity contribution is 0.220. The lowest BCUT2D eigenvalue weighted by atomic mass is 10.0. The fraction of sp³-hybridized carbons (Fsp3) is 0.182. The maximum Gasteiger partial charge on any atom is 0.160 e. The molecular weight excluding hydrogens is 519 g/mol. The Morgan fingerprint density at radius 3 is 1.03 bits per heavy atom. The maximum atomic E-state index is 9.99. The van der Waals surface area contributed by atoms with Gasteiger partial charge in [0.05, 0.1) is 10.3 Å². The van der Waals surface area contributed by atoms with E-state index in [0.717, 1.165) is 11.1 Å². The summed E-state index contributed by atoms with van der Waals surface area (Å²) in [4.78, 5) is 0. The van der Waals surface area contributed by atoms with E-state index >= 15 is 0 Å². The number of aliphatic hydroxyl groups is 1. The molecule has 0 unspecified atom stereocenters. The zero-order valence-corrected chi connectivity index (χ0v) is 21.0. The van der Waals surface area contributed by atoms with Gasteiger partial charge in [0, 0.05) is 0 Å². The average Bonchev–Trinajstić information content (AvgIpc) is 2.89. The highest BCUT2D eigenvalue weighted by Crippen LogP contribution is 2.37. The number of nitrogens with two attached hydrogens (primary N) is 3. The highest BCUT2D eigenvalue weighted by molar-refractivity contribution is 8.03. The summed E-state index contributed by atoms with van der Waals surface area (Å²) < 4.78 is 0. The number of hydrogen-bond donors (Lipinski definition) is 4. The lowest BCUT2D eigenvalue weighted by Gasteiger charge is -2.17. The van der Waals surface area contributed by atoms with Gasteiger partial charge in [0.15, 0.2) is 5.11 Å². The van der Waals surface area contributed by atoms with Gasteiger partial charge >= 0.3 is 0 Å². The third-order valence-corrected chi connectivity index (χ3v) is 5.79. The van der Waals surface area contributed by atoms with Gasteiger partial charge in [-0.05, 0) is 34.5 Å². The summed E-state index contributed by atoms with van der Waals surface area (Å²) in [6, 6.07) is 40.0. The molecule has 0 saturated carbocycles. The van der Waals surface area contributed by atoms with Gasteiger partial charge in [0.2, 0.25) is 0 Å². The van der Waals surface area contributed by atoms with Crippen LogP contribution >= 0.6 is 24.0 Å². The minimum Gasteiger partial charge on any atom is -0.394 e. The van der Waals surface area contributed by atoms with Crippen LogP contribution in [-0.2, 0) is 0 Å². The van der Waals surface area contributed by atoms with E-state index in [1.165, 1.54) is 11.1 Å². The number of hydrogen-bond acceptors (Lipinski definition) is 4. The molecule has 0 spiro atoms. The van der Waals surface area contributed by atoms with Gasteiger partial charge in [-0.15, -0.1) is 0 Å². The molecule has 4 nitrogen and oxygen atoms in total. The molecule has 0 bridgehead atoms. The minimum absolute atomic E-state index is 0. The van der Waals surface area contributed by atoms with Crippen LogP contribution in [0, 0.1) is 0 Å². The lowest BCUT2D eigenvalue weighted by Crippen LogP contribution is -2.18. The molecule has 0 amide bonds. The van der Waals surface area contributed by atoms with E-state index in [2.05, 4.69) is 54.5 Å². The van der Waals surface area contributed by atoms with E-state index in [9.17, 15) is 5.11 Å². The maximum absolute atomic E-state index is 9.99. The molecule has 0 fully saturated rings. The SMILES string of the molecule is C.C.C.C.C=C(N)SC(c1ccccc1)c1ccccc1.NC(N)=S.OC(c1ccccc1)c1ccccc1. The van der Waals surface area contributed by atoms with Crippen molar-refractivity contribution in [1.82, 2.24) is 0 Å². The van der Waals surface area contributed by atoms with Crippen LogP contribution in [0.2, 0.25) is 0 Å². The minimum atomic E-state index is -0.516. The Kier molecular flexibility index (Phi) is 22.9. The van der Waals surface area contributed by atoms with Crippen molar-refractivity contribution in [2.45, 2.75) is 41.1 Å². The normalized spacial score (nSPS) is 8.90. The van der Waals surface area contributed by atoms with Gasteiger partial charge < -0.3 is 22.3 Å². The summed E-state index contributed by atoms with van der Waals surface area (Å²) in [5.74, 6) is 0. The van der Waals surface area contributed by atoms with Gasteiger partial charge in [-0.1, -0.05) is 169 Å². The van der Waals surface area contributed by atoms with E-state index in [-0.39, 0.29) is 40.1 Å². The van der Waals surface area contributed by atoms with Crippen LogP contribution in [0.15, 0.2) is 133 Å². The van der Waals surface area contributed by atoms with Gasteiger partial charge in [-0.2, -0.15) is 0 Å². The van der Waals surface area contributed by atoms with Gasteiger partial charge in [0.1, 0.15) is 6.10 Å². The Balaban J connectivity index is -0.000000541. The number of aliphatic hydroxyl groups excluding tert-OH is 1. The van der Waals surface area contributed by atoms with Gasteiger partial charge in [0.25, 0.3) is 0 Å². The van der Waals surface area contributed by atoms with Crippen molar-refractivity contribution in [3.8, 4) is 0 Å². The van der Waals surface area contributed by atoms with Crippen LogP contribution in [0.1, 0.15) is 63.3 Å². The summed E-state index contributed by atoms with van der Waals surface area (Å²) in [5, 5.41) is 10.9. The molecule has 4 rings (SSSR count). The summed E-state index contributed by atoms with van der Waals surface area (Å²) >= 11 is 5.68. The second kappa shape index (κ2) is 22.4. The molecule has 0 aliphatic heterocycles. The molecule has 4 aromatic rings. The Morgan fingerprint density at radius 2 is 0.795 bits per heavy atom. The standard InChI is InChI=1S/C15H15NS.C13H12O.CH4N2S.4CH4/c1-12(16)17-15(13-8-4-2-5-9-13)14-10-6-3-7-11-14;14-13(11-7-3-1-4-8-11)12-9-5-2-6-10-12;2-1(3)4;;;;/h2-11,15H,1,16H2;1-10,13-14H;(H4,2,3,4);4*1H4. The fourth-order valence-corrected chi connectivity index (χ4v) is 4.09.